The summed E-state index contributed by atoms with van der Waals surface area (Å²) in [4.78, 5) is 13.6. The first-order chi connectivity index (χ1) is 9.51. The van der Waals surface area contributed by atoms with Crippen LogP contribution >= 0.6 is 0 Å². The van der Waals surface area contributed by atoms with Gasteiger partial charge in [0.25, 0.3) is 0 Å². The highest BCUT2D eigenvalue weighted by Crippen LogP contribution is 2.29. The van der Waals surface area contributed by atoms with Crippen molar-refractivity contribution >= 4 is 5.78 Å². The summed E-state index contributed by atoms with van der Waals surface area (Å²) in [5.74, 6) is -0.151. The second-order valence-corrected chi connectivity index (χ2v) is 5.70. The number of hydrogen-bond donors (Lipinski definition) is 1. The number of carbonyl (C=O) groups is 1. The van der Waals surface area contributed by atoms with Gasteiger partial charge in [-0.15, -0.1) is 0 Å². The molecular formula is C16H22FNO2. The summed E-state index contributed by atoms with van der Waals surface area (Å²) in [6.07, 6.45) is 3.55. The maximum atomic E-state index is 13.6. The van der Waals surface area contributed by atoms with Crippen molar-refractivity contribution in [2.45, 2.75) is 39.7 Å². The molecule has 1 saturated heterocycles. The molecule has 1 N–H and O–H groups in total. The first-order valence-electron chi connectivity index (χ1n) is 7.26. The summed E-state index contributed by atoms with van der Waals surface area (Å²) in [5.41, 5.74) is 0.580. The number of carbonyl (C=O) groups excluding carboxylic acids is 1. The largest absolute Gasteiger partial charge is 0.507 e. The quantitative estimate of drug-likeness (QED) is 0.840. The molecule has 0 radical (unpaired) electrons. The minimum Gasteiger partial charge on any atom is -0.507 e. The molecule has 1 aromatic carbocycles. The summed E-state index contributed by atoms with van der Waals surface area (Å²) >= 11 is 0. The third-order valence-electron chi connectivity index (χ3n) is 3.99. The highest BCUT2D eigenvalue weighted by molar-refractivity contribution is 5.97. The molecule has 0 saturated carbocycles. The number of halogens is 1. The third-order valence-corrected chi connectivity index (χ3v) is 3.99. The molecule has 110 valence electrons. The van der Waals surface area contributed by atoms with Crippen LogP contribution in [0.4, 0.5) is 4.39 Å². The van der Waals surface area contributed by atoms with Crippen LogP contribution in [0.25, 0.3) is 0 Å². The van der Waals surface area contributed by atoms with Gasteiger partial charge >= 0.3 is 0 Å². The Morgan fingerprint density at radius 1 is 1.50 bits per heavy atom. The fourth-order valence-electron chi connectivity index (χ4n) is 2.99. The van der Waals surface area contributed by atoms with Gasteiger partial charge in [-0.05, 0) is 44.4 Å². The molecule has 1 unspecified atom stereocenters. The molecule has 2 rings (SSSR count). The van der Waals surface area contributed by atoms with E-state index in [1.165, 1.54) is 25.8 Å². The van der Waals surface area contributed by atoms with E-state index in [0.717, 1.165) is 25.6 Å². The number of benzene rings is 1. The minimum absolute atomic E-state index is 0.0714. The topological polar surface area (TPSA) is 40.5 Å². The van der Waals surface area contributed by atoms with Crippen LogP contribution in [0.1, 0.15) is 49.0 Å². The predicted molar refractivity (Wildman–Crippen MR) is 76.4 cm³/mol. The van der Waals surface area contributed by atoms with Gasteiger partial charge in [0.2, 0.25) is 0 Å². The molecule has 0 spiro atoms. The Morgan fingerprint density at radius 3 is 2.90 bits per heavy atom. The Morgan fingerprint density at radius 2 is 2.25 bits per heavy atom. The average Bonchev–Trinajstić information content (AvgIpc) is 2.81. The van der Waals surface area contributed by atoms with Gasteiger partial charge in [-0.2, -0.15) is 0 Å². The van der Waals surface area contributed by atoms with Crippen LogP contribution in [-0.2, 0) is 6.54 Å². The number of phenols is 1. The van der Waals surface area contributed by atoms with Crippen molar-refractivity contribution in [3.63, 3.8) is 0 Å². The van der Waals surface area contributed by atoms with Crippen molar-refractivity contribution in [3.05, 3.63) is 29.1 Å². The minimum atomic E-state index is -0.465. The van der Waals surface area contributed by atoms with E-state index in [2.05, 4.69) is 11.8 Å². The number of nitrogens with zero attached hydrogens (tertiary/aromatic N) is 1. The Hall–Kier alpha value is -1.42. The Bertz CT molecular complexity index is 501. The molecule has 1 aromatic rings. The van der Waals surface area contributed by atoms with Crippen molar-refractivity contribution in [3.8, 4) is 5.75 Å². The van der Waals surface area contributed by atoms with E-state index in [1.54, 1.807) is 0 Å². The van der Waals surface area contributed by atoms with Crippen molar-refractivity contribution in [1.82, 2.24) is 4.90 Å². The van der Waals surface area contributed by atoms with Gasteiger partial charge in [-0.3, -0.25) is 9.69 Å². The van der Waals surface area contributed by atoms with Crippen LogP contribution in [-0.4, -0.2) is 28.9 Å². The zero-order valence-electron chi connectivity index (χ0n) is 12.2. The molecule has 20 heavy (non-hydrogen) atoms. The Kier molecular flexibility index (Phi) is 4.76. The number of phenolic OH excluding ortho intramolecular Hbond substituents is 1. The molecule has 1 aliphatic heterocycles. The molecular weight excluding hydrogens is 257 g/mol. The summed E-state index contributed by atoms with van der Waals surface area (Å²) in [6.45, 7) is 5.98. The summed E-state index contributed by atoms with van der Waals surface area (Å²) in [5, 5.41) is 10.1. The van der Waals surface area contributed by atoms with Gasteiger partial charge in [-0.25, -0.2) is 4.39 Å². The van der Waals surface area contributed by atoms with Gasteiger partial charge in [0.1, 0.15) is 11.6 Å². The van der Waals surface area contributed by atoms with E-state index in [4.69, 9.17) is 0 Å². The van der Waals surface area contributed by atoms with Gasteiger partial charge < -0.3 is 5.11 Å². The molecule has 4 heteroatoms. The summed E-state index contributed by atoms with van der Waals surface area (Å²) in [7, 11) is 0. The van der Waals surface area contributed by atoms with Gasteiger partial charge in [0, 0.05) is 18.7 Å². The summed E-state index contributed by atoms with van der Waals surface area (Å²) in [6, 6.07) is 2.43. The Balaban J connectivity index is 2.12. The lowest BCUT2D eigenvalue weighted by atomic mass is 10.0. The molecule has 3 nitrogen and oxygen atoms in total. The second kappa shape index (κ2) is 6.35. The van der Waals surface area contributed by atoms with Crippen molar-refractivity contribution in [2.24, 2.45) is 5.92 Å². The second-order valence-electron chi connectivity index (χ2n) is 5.70. The fourth-order valence-corrected chi connectivity index (χ4v) is 2.99. The number of rotatable bonds is 5. The number of likely N-dealkylation sites (tertiary alicyclic amines) is 1. The molecule has 1 aliphatic rings. The van der Waals surface area contributed by atoms with Crippen LogP contribution in [0.2, 0.25) is 0 Å². The lowest BCUT2D eigenvalue weighted by Crippen LogP contribution is -2.20. The maximum Gasteiger partial charge on any atom is 0.163 e. The van der Waals surface area contributed by atoms with E-state index in [-0.39, 0.29) is 17.1 Å². The van der Waals surface area contributed by atoms with Gasteiger partial charge in [0.15, 0.2) is 5.78 Å². The van der Waals surface area contributed by atoms with E-state index in [0.29, 0.717) is 18.0 Å². The monoisotopic (exact) mass is 279 g/mol. The number of ketones is 1. The first kappa shape index (κ1) is 15.0. The lowest BCUT2D eigenvalue weighted by Gasteiger charge is -2.17. The van der Waals surface area contributed by atoms with Crippen molar-refractivity contribution in [1.29, 1.82) is 0 Å². The van der Waals surface area contributed by atoms with Crippen LogP contribution in [0.3, 0.4) is 0 Å². The predicted octanol–water partition coefficient (Wildman–Crippen LogP) is 3.36. The fraction of sp³-hybridized carbons (Fsp3) is 0.562. The van der Waals surface area contributed by atoms with E-state index < -0.39 is 5.82 Å². The van der Waals surface area contributed by atoms with Gasteiger partial charge in [-0.1, -0.05) is 13.3 Å². The van der Waals surface area contributed by atoms with Crippen molar-refractivity contribution in [2.75, 3.05) is 13.1 Å². The van der Waals surface area contributed by atoms with E-state index in [1.807, 2.05) is 0 Å². The van der Waals surface area contributed by atoms with Crippen LogP contribution < -0.4 is 0 Å². The zero-order valence-corrected chi connectivity index (χ0v) is 12.2. The molecule has 0 aromatic heterocycles. The molecule has 1 atom stereocenters. The molecule has 1 heterocycles. The highest BCUT2D eigenvalue weighted by atomic mass is 19.1. The number of aromatic hydroxyl groups is 1. The van der Waals surface area contributed by atoms with E-state index in [9.17, 15) is 14.3 Å². The van der Waals surface area contributed by atoms with Crippen LogP contribution in [0.15, 0.2) is 12.1 Å². The molecule has 1 fully saturated rings. The van der Waals surface area contributed by atoms with E-state index >= 15 is 0 Å². The van der Waals surface area contributed by atoms with Crippen molar-refractivity contribution < 1.29 is 14.3 Å². The maximum absolute atomic E-state index is 13.6. The summed E-state index contributed by atoms with van der Waals surface area (Å²) < 4.78 is 13.6. The number of hydrogen-bond acceptors (Lipinski definition) is 3. The normalized spacial score (nSPS) is 19.4. The molecule has 0 bridgehead atoms. The van der Waals surface area contributed by atoms with Gasteiger partial charge in [0.05, 0.1) is 5.56 Å². The highest BCUT2D eigenvalue weighted by Gasteiger charge is 2.23. The molecule has 0 aliphatic carbocycles. The smallest absolute Gasteiger partial charge is 0.163 e. The third kappa shape index (κ3) is 3.37. The zero-order chi connectivity index (χ0) is 14.7. The number of Topliss-reactive ketones (excluding diaryl/α,β-unsaturated/α-hetero) is 1. The van der Waals surface area contributed by atoms with Crippen LogP contribution in [0, 0.1) is 11.7 Å². The first-order valence-corrected chi connectivity index (χ1v) is 7.26. The standard InChI is InChI=1S/C16H22FNO2/c1-3-4-12-5-6-18(9-12)10-13-7-14(17)8-15(11(2)19)16(13)20/h7-8,12,20H,3-6,9-10H2,1-2H3. The Labute approximate surface area is 119 Å². The average molecular weight is 279 g/mol. The SMILES string of the molecule is CCCC1CCN(Cc2cc(F)cc(C(C)=O)c2O)C1. The molecule has 0 amide bonds. The van der Waals surface area contributed by atoms with Crippen LogP contribution in [0.5, 0.6) is 5.75 Å². The lowest BCUT2D eigenvalue weighted by molar-refractivity contribution is 0.101.